The van der Waals surface area contributed by atoms with E-state index >= 15 is 0 Å². The fourth-order valence-corrected chi connectivity index (χ4v) is 4.00. The van der Waals surface area contributed by atoms with Crippen molar-refractivity contribution in [2.75, 3.05) is 38.5 Å². The summed E-state index contributed by atoms with van der Waals surface area (Å²) in [6.45, 7) is 17.8. The Morgan fingerprint density at radius 3 is 2.53 bits per heavy atom. The van der Waals surface area contributed by atoms with Gasteiger partial charge in [-0.25, -0.2) is 0 Å². The quantitative estimate of drug-likeness (QED) is 0.735. The lowest BCUT2D eigenvalue weighted by atomic mass is 9.81. The lowest BCUT2D eigenvalue weighted by Gasteiger charge is -2.40. The van der Waals surface area contributed by atoms with Gasteiger partial charge in [0.25, 0.3) is 0 Å². The van der Waals surface area contributed by atoms with Crippen LogP contribution in [0.4, 0.5) is 0 Å². The molecule has 0 spiro atoms. The first-order chi connectivity index (χ1) is 9.01. The van der Waals surface area contributed by atoms with Crippen LogP contribution in [0, 0.1) is 11.3 Å². The maximum atomic E-state index is 3.70. The third-order valence-corrected chi connectivity index (χ3v) is 5.57. The summed E-state index contributed by atoms with van der Waals surface area (Å²) in [7, 11) is 0. The van der Waals surface area contributed by atoms with E-state index in [9.17, 15) is 0 Å². The molecule has 3 heteroatoms. The van der Waals surface area contributed by atoms with Crippen molar-refractivity contribution in [1.82, 2.24) is 10.2 Å². The molecule has 0 amide bonds. The maximum Gasteiger partial charge on any atom is 0.0147 e. The first-order valence-corrected chi connectivity index (χ1v) is 9.11. The van der Waals surface area contributed by atoms with Crippen LogP contribution in [0.5, 0.6) is 0 Å². The van der Waals surface area contributed by atoms with Crippen LogP contribution in [-0.2, 0) is 0 Å². The van der Waals surface area contributed by atoms with Crippen molar-refractivity contribution >= 4 is 11.8 Å². The van der Waals surface area contributed by atoms with Gasteiger partial charge in [-0.3, -0.25) is 0 Å². The number of nitrogens with zero attached hydrogens (tertiary/aromatic N) is 1. The highest BCUT2D eigenvalue weighted by Gasteiger charge is 2.30. The number of thioether (sulfide) groups is 1. The van der Waals surface area contributed by atoms with Gasteiger partial charge in [-0.05, 0) is 30.7 Å². The highest BCUT2D eigenvalue weighted by molar-refractivity contribution is 7.99. The number of rotatable bonds is 8. The molecule has 1 N–H and O–H groups in total. The lowest BCUT2D eigenvalue weighted by Crippen LogP contribution is -2.47. The monoisotopic (exact) mass is 286 g/mol. The van der Waals surface area contributed by atoms with E-state index in [1.165, 1.54) is 44.8 Å². The third kappa shape index (κ3) is 6.05. The summed E-state index contributed by atoms with van der Waals surface area (Å²) in [6, 6.07) is 0. The molecule has 0 radical (unpaired) electrons. The molecule has 0 aliphatic carbocycles. The van der Waals surface area contributed by atoms with Crippen molar-refractivity contribution < 1.29 is 0 Å². The molecular weight excluding hydrogens is 252 g/mol. The van der Waals surface area contributed by atoms with Gasteiger partial charge in [0, 0.05) is 37.2 Å². The molecule has 2 nitrogen and oxygen atoms in total. The smallest absolute Gasteiger partial charge is 0.0147 e. The standard InChI is InChI=1S/C16H34N2S/c1-6-16(7-2,12-17-10-14(3)4)13-18-8-9-19-15(5)11-18/h14-15,17H,6-13H2,1-5H3. The summed E-state index contributed by atoms with van der Waals surface area (Å²) in [5.74, 6) is 2.06. The Morgan fingerprint density at radius 1 is 1.32 bits per heavy atom. The second-order valence-corrected chi connectivity index (χ2v) is 8.19. The molecule has 0 aromatic heterocycles. The van der Waals surface area contributed by atoms with Crippen LogP contribution in [0.1, 0.15) is 47.5 Å². The Morgan fingerprint density at radius 2 is 2.00 bits per heavy atom. The Labute approximate surface area is 125 Å². The molecule has 1 saturated heterocycles. The number of hydrogen-bond acceptors (Lipinski definition) is 3. The SMILES string of the molecule is CCC(CC)(CNCC(C)C)CN1CCSC(C)C1. The van der Waals surface area contributed by atoms with Crippen LogP contribution >= 0.6 is 11.8 Å². The normalized spacial score (nSPS) is 22.1. The third-order valence-electron chi connectivity index (χ3n) is 4.44. The summed E-state index contributed by atoms with van der Waals surface area (Å²) in [5, 5.41) is 4.51. The van der Waals surface area contributed by atoms with Gasteiger partial charge in [-0.15, -0.1) is 0 Å². The topological polar surface area (TPSA) is 15.3 Å². The second-order valence-electron chi connectivity index (χ2n) is 6.65. The van der Waals surface area contributed by atoms with Crippen LogP contribution < -0.4 is 5.32 Å². The van der Waals surface area contributed by atoms with Crippen LogP contribution in [0.25, 0.3) is 0 Å². The molecule has 1 atom stereocenters. The molecule has 1 rings (SSSR count). The zero-order valence-electron chi connectivity index (χ0n) is 13.7. The van der Waals surface area contributed by atoms with Gasteiger partial charge in [0.05, 0.1) is 0 Å². The summed E-state index contributed by atoms with van der Waals surface area (Å²) in [5.41, 5.74) is 0.469. The van der Waals surface area contributed by atoms with Crippen molar-refractivity contribution in [2.24, 2.45) is 11.3 Å². The first-order valence-electron chi connectivity index (χ1n) is 8.06. The van der Waals surface area contributed by atoms with Crippen LogP contribution in [0.3, 0.4) is 0 Å². The van der Waals surface area contributed by atoms with Crippen molar-refractivity contribution in [2.45, 2.75) is 52.7 Å². The van der Waals surface area contributed by atoms with Gasteiger partial charge >= 0.3 is 0 Å². The van der Waals surface area contributed by atoms with Crippen molar-refractivity contribution in [3.05, 3.63) is 0 Å². The highest BCUT2D eigenvalue weighted by atomic mass is 32.2. The van der Waals surface area contributed by atoms with Gasteiger partial charge in [0.2, 0.25) is 0 Å². The average molecular weight is 287 g/mol. The molecular formula is C16H34N2S. The van der Waals surface area contributed by atoms with Gasteiger partial charge in [-0.2, -0.15) is 11.8 Å². The summed E-state index contributed by atoms with van der Waals surface area (Å²) in [6.07, 6.45) is 2.57. The fourth-order valence-electron chi connectivity index (χ4n) is 2.91. The Balaban J connectivity index is 2.49. The van der Waals surface area contributed by atoms with Crippen molar-refractivity contribution in [3.8, 4) is 0 Å². The molecule has 1 unspecified atom stereocenters. The molecule has 19 heavy (non-hydrogen) atoms. The fraction of sp³-hybridized carbons (Fsp3) is 1.00. The molecule has 0 saturated carbocycles. The van der Waals surface area contributed by atoms with E-state index in [-0.39, 0.29) is 0 Å². The van der Waals surface area contributed by atoms with Gasteiger partial charge < -0.3 is 10.2 Å². The molecule has 114 valence electrons. The minimum Gasteiger partial charge on any atom is -0.316 e. The van der Waals surface area contributed by atoms with E-state index in [2.05, 4.69) is 56.6 Å². The molecule has 1 fully saturated rings. The average Bonchev–Trinajstić information content (AvgIpc) is 2.37. The Kier molecular flexibility index (Phi) is 7.78. The summed E-state index contributed by atoms with van der Waals surface area (Å²) >= 11 is 2.13. The van der Waals surface area contributed by atoms with E-state index in [1.807, 2.05) is 0 Å². The first kappa shape index (κ1) is 17.3. The highest BCUT2D eigenvalue weighted by Crippen LogP contribution is 2.29. The van der Waals surface area contributed by atoms with Crippen LogP contribution in [-0.4, -0.2) is 48.6 Å². The lowest BCUT2D eigenvalue weighted by molar-refractivity contribution is 0.137. The number of hydrogen-bond donors (Lipinski definition) is 1. The molecule has 0 aromatic rings. The van der Waals surface area contributed by atoms with Crippen LogP contribution in [0.2, 0.25) is 0 Å². The van der Waals surface area contributed by atoms with Crippen molar-refractivity contribution in [3.63, 3.8) is 0 Å². The Bertz CT molecular complexity index is 239. The predicted molar refractivity (Wildman–Crippen MR) is 89.1 cm³/mol. The molecule has 0 bridgehead atoms. The van der Waals surface area contributed by atoms with Crippen molar-refractivity contribution in [1.29, 1.82) is 0 Å². The van der Waals surface area contributed by atoms with Gasteiger partial charge in [0.15, 0.2) is 0 Å². The van der Waals surface area contributed by atoms with E-state index in [0.717, 1.165) is 17.7 Å². The second kappa shape index (κ2) is 8.53. The van der Waals surface area contributed by atoms with E-state index in [4.69, 9.17) is 0 Å². The van der Waals surface area contributed by atoms with E-state index in [1.54, 1.807) is 0 Å². The predicted octanol–water partition coefficient (Wildman–Crippen LogP) is 3.48. The minimum absolute atomic E-state index is 0.469. The van der Waals surface area contributed by atoms with Crippen LogP contribution in [0.15, 0.2) is 0 Å². The zero-order chi connectivity index (χ0) is 14.3. The summed E-state index contributed by atoms with van der Waals surface area (Å²) in [4.78, 5) is 2.70. The molecule has 1 heterocycles. The molecule has 1 aliphatic rings. The van der Waals surface area contributed by atoms with E-state index in [0.29, 0.717) is 5.41 Å². The maximum absolute atomic E-state index is 3.70. The largest absolute Gasteiger partial charge is 0.316 e. The number of nitrogens with one attached hydrogen (secondary N) is 1. The van der Waals surface area contributed by atoms with Gasteiger partial charge in [-0.1, -0.05) is 34.6 Å². The Hall–Kier alpha value is 0.270. The minimum atomic E-state index is 0.469. The zero-order valence-corrected chi connectivity index (χ0v) is 14.5. The van der Waals surface area contributed by atoms with E-state index < -0.39 is 0 Å². The van der Waals surface area contributed by atoms with Gasteiger partial charge in [0.1, 0.15) is 0 Å². The molecule has 1 aliphatic heterocycles. The summed E-state index contributed by atoms with van der Waals surface area (Å²) < 4.78 is 0. The molecule has 0 aromatic carbocycles.